The van der Waals surface area contributed by atoms with Crippen LogP contribution in [-0.2, 0) is 9.59 Å². The Morgan fingerprint density at radius 1 is 1.00 bits per heavy atom. The zero-order valence-electron chi connectivity index (χ0n) is 12.6. The summed E-state index contributed by atoms with van der Waals surface area (Å²) in [5.41, 5.74) is 1.08. The van der Waals surface area contributed by atoms with E-state index in [2.05, 4.69) is 5.32 Å². The maximum absolute atomic E-state index is 11.6. The molecule has 1 amide bonds. The molecule has 0 radical (unpaired) electrons. The van der Waals surface area contributed by atoms with Crippen LogP contribution in [-0.4, -0.2) is 23.0 Å². The van der Waals surface area contributed by atoms with Gasteiger partial charge in [-0.15, -0.1) is 0 Å². The maximum atomic E-state index is 11.6. The SMILES string of the molecule is CC(=O)Nc1c(-c2ccccc2)ccc(OC(C)=O)c1C(=O)O. The van der Waals surface area contributed by atoms with E-state index in [1.54, 1.807) is 30.3 Å². The number of hydrogen-bond donors (Lipinski definition) is 2. The summed E-state index contributed by atoms with van der Waals surface area (Å²) < 4.78 is 4.95. The van der Waals surface area contributed by atoms with Crippen molar-refractivity contribution >= 4 is 23.5 Å². The van der Waals surface area contributed by atoms with Crippen molar-refractivity contribution in [3.8, 4) is 16.9 Å². The molecule has 0 aliphatic rings. The zero-order valence-corrected chi connectivity index (χ0v) is 12.6. The smallest absolute Gasteiger partial charge is 0.341 e. The van der Waals surface area contributed by atoms with Crippen LogP contribution in [0.4, 0.5) is 5.69 Å². The molecule has 0 atom stereocenters. The molecular formula is C17H15NO5. The first-order chi connectivity index (χ1) is 10.9. The molecule has 0 aromatic heterocycles. The van der Waals surface area contributed by atoms with Gasteiger partial charge in [-0.1, -0.05) is 30.3 Å². The van der Waals surface area contributed by atoms with Gasteiger partial charge in [-0.05, 0) is 17.7 Å². The fourth-order valence-corrected chi connectivity index (χ4v) is 2.20. The van der Waals surface area contributed by atoms with Crippen LogP contribution in [0.1, 0.15) is 24.2 Å². The Labute approximate surface area is 132 Å². The van der Waals surface area contributed by atoms with Crippen molar-refractivity contribution in [3.63, 3.8) is 0 Å². The van der Waals surface area contributed by atoms with Crippen molar-refractivity contribution in [2.24, 2.45) is 0 Å². The minimum Gasteiger partial charge on any atom is -0.477 e. The standard InChI is InChI=1S/C17H15NO5/c1-10(19)18-16-13(12-6-4-3-5-7-12)8-9-14(23-11(2)20)15(16)17(21)22/h3-9H,1-2H3,(H,18,19)(H,21,22). The summed E-state index contributed by atoms with van der Waals surface area (Å²) in [6.45, 7) is 2.45. The molecule has 2 N–H and O–H groups in total. The number of amides is 1. The van der Waals surface area contributed by atoms with Gasteiger partial charge in [0, 0.05) is 19.4 Å². The van der Waals surface area contributed by atoms with E-state index in [4.69, 9.17) is 4.74 Å². The Morgan fingerprint density at radius 3 is 2.17 bits per heavy atom. The highest BCUT2D eigenvalue weighted by atomic mass is 16.5. The van der Waals surface area contributed by atoms with E-state index in [1.165, 1.54) is 19.9 Å². The lowest BCUT2D eigenvalue weighted by Gasteiger charge is -2.16. The predicted octanol–water partition coefficient (Wildman–Crippen LogP) is 2.94. The molecule has 0 unspecified atom stereocenters. The number of rotatable bonds is 4. The molecule has 2 aromatic rings. The normalized spacial score (nSPS) is 10.0. The fraction of sp³-hybridized carbons (Fsp3) is 0.118. The number of nitrogens with one attached hydrogen (secondary N) is 1. The van der Waals surface area contributed by atoms with E-state index in [0.29, 0.717) is 5.56 Å². The van der Waals surface area contributed by atoms with E-state index in [0.717, 1.165) is 5.56 Å². The van der Waals surface area contributed by atoms with Crippen LogP contribution in [0.2, 0.25) is 0 Å². The van der Waals surface area contributed by atoms with Crippen LogP contribution >= 0.6 is 0 Å². The van der Waals surface area contributed by atoms with Gasteiger partial charge in [-0.3, -0.25) is 9.59 Å². The molecule has 2 aromatic carbocycles. The molecule has 0 saturated heterocycles. The van der Waals surface area contributed by atoms with E-state index in [-0.39, 0.29) is 17.0 Å². The molecule has 0 spiro atoms. The van der Waals surface area contributed by atoms with Crippen LogP contribution in [0.3, 0.4) is 0 Å². The average Bonchev–Trinajstić information content (AvgIpc) is 2.46. The van der Waals surface area contributed by atoms with E-state index < -0.39 is 17.8 Å². The lowest BCUT2D eigenvalue weighted by atomic mass is 9.99. The van der Waals surface area contributed by atoms with Crippen molar-refractivity contribution < 1.29 is 24.2 Å². The third-order valence-electron chi connectivity index (χ3n) is 3.02. The molecule has 0 heterocycles. The van der Waals surface area contributed by atoms with Crippen molar-refractivity contribution in [2.45, 2.75) is 13.8 Å². The lowest BCUT2D eigenvalue weighted by molar-refractivity contribution is -0.131. The van der Waals surface area contributed by atoms with Gasteiger partial charge in [0.25, 0.3) is 0 Å². The van der Waals surface area contributed by atoms with Crippen LogP contribution in [0, 0.1) is 0 Å². The lowest BCUT2D eigenvalue weighted by Crippen LogP contribution is -2.15. The average molecular weight is 313 g/mol. The highest BCUT2D eigenvalue weighted by molar-refractivity contribution is 6.07. The van der Waals surface area contributed by atoms with Gasteiger partial charge in [-0.25, -0.2) is 4.79 Å². The second-order valence-electron chi connectivity index (χ2n) is 4.81. The second-order valence-corrected chi connectivity index (χ2v) is 4.81. The Balaban J connectivity index is 2.73. The monoisotopic (exact) mass is 313 g/mol. The molecule has 2 rings (SSSR count). The number of benzene rings is 2. The Hall–Kier alpha value is -3.15. The van der Waals surface area contributed by atoms with E-state index in [1.807, 2.05) is 6.07 Å². The molecule has 0 bridgehead atoms. The van der Waals surface area contributed by atoms with Crippen molar-refractivity contribution in [3.05, 3.63) is 48.0 Å². The molecule has 0 aliphatic carbocycles. The van der Waals surface area contributed by atoms with E-state index in [9.17, 15) is 19.5 Å². The first kappa shape index (κ1) is 16.2. The summed E-state index contributed by atoms with van der Waals surface area (Å²) in [6, 6.07) is 12.0. The number of esters is 1. The van der Waals surface area contributed by atoms with Gasteiger partial charge in [0.2, 0.25) is 5.91 Å². The number of carbonyl (C=O) groups excluding carboxylic acids is 2. The molecule has 6 heteroatoms. The first-order valence-electron chi connectivity index (χ1n) is 6.82. The van der Waals surface area contributed by atoms with Gasteiger partial charge in [0.1, 0.15) is 11.3 Å². The summed E-state index contributed by atoms with van der Waals surface area (Å²) >= 11 is 0. The zero-order chi connectivity index (χ0) is 17.0. The molecule has 118 valence electrons. The highest BCUT2D eigenvalue weighted by Crippen LogP contribution is 2.36. The van der Waals surface area contributed by atoms with Crippen LogP contribution in [0.25, 0.3) is 11.1 Å². The minimum absolute atomic E-state index is 0.0925. The van der Waals surface area contributed by atoms with Gasteiger partial charge >= 0.3 is 11.9 Å². The molecular weight excluding hydrogens is 298 g/mol. The number of ether oxygens (including phenoxy) is 1. The second kappa shape index (κ2) is 6.74. The van der Waals surface area contributed by atoms with Gasteiger partial charge in [0.05, 0.1) is 5.69 Å². The number of carbonyl (C=O) groups is 3. The van der Waals surface area contributed by atoms with Crippen molar-refractivity contribution in [1.29, 1.82) is 0 Å². The third-order valence-corrected chi connectivity index (χ3v) is 3.02. The fourth-order valence-electron chi connectivity index (χ4n) is 2.20. The molecule has 0 saturated carbocycles. The molecule has 0 fully saturated rings. The highest BCUT2D eigenvalue weighted by Gasteiger charge is 2.23. The summed E-state index contributed by atoms with van der Waals surface area (Å²) in [4.78, 5) is 34.3. The Kier molecular flexibility index (Phi) is 4.75. The van der Waals surface area contributed by atoms with Gasteiger partial charge in [-0.2, -0.15) is 0 Å². The van der Waals surface area contributed by atoms with Crippen LogP contribution in [0.5, 0.6) is 5.75 Å². The summed E-state index contributed by atoms with van der Waals surface area (Å²) in [7, 11) is 0. The summed E-state index contributed by atoms with van der Waals surface area (Å²) in [6.07, 6.45) is 0. The number of carboxylic acid groups (broad SMARTS) is 1. The molecule has 0 aliphatic heterocycles. The minimum atomic E-state index is -1.30. The van der Waals surface area contributed by atoms with Gasteiger partial charge < -0.3 is 15.2 Å². The van der Waals surface area contributed by atoms with Crippen LogP contribution < -0.4 is 10.1 Å². The summed E-state index contributed by atoms with van der Waals surface area (Å²) in [5, 5.41) is 12.0. The summed E-state index contributed by atoms with van der Waals surface area (Å²) in [5.74, 6) is -2.49. The van der Waals surface area contributed by atoms with Gasteiger partial charge in [0.15, 0.2) is 0 Å². The first-order valence-corrected chi connectivity index (χ1v) is 6.82. The van der Waals surface area contributed by atoms with Crippen LogP contribution in [0.15, 0.2) is 42.5 Å². The van der Waals surface area contributed by atoms with Crippen molar-refractivity contribution in [1.82, 2.24) is 0 Å². The third kappa shape index (κ3) is 3.74. The quantitative estimate of drug-likeness (QED) is 0.668. The number of anilines is 1. The molecule has 6 nitrogen and oxygen atoms in total. The predicted molar refractivity (Wildman–Crippen MR) is 84.5 cm³/mol. The molecule has 23 heavy (non-hydrogen) atoms. The largest absolute Gasteiger partial charge is 0.477 e. The Bertz CT molecular complexity index is 768. The Morgan fingerprint density at radius 2 is 1.65 bits per heavy atom. The van der Waals surface area contributed by atoms with Crippen molar-refractivity contribution in [2.75, 3.05) is 5.32 Å². The van der Waals surface area contributed by atoms with E-state index >= 15 is 0 Å². The maximum Gasteiger partial charge on any atom is 0.341 e. The number of hydrogen-bond acceptors (Lipinski definition) is 4. The number of aromatic carboxylic acids is 1. The number of carboxylic acids is 1. The topological polar surface area (TPSA) is 92.7 Å².